The number of methoxy groups -OCH3 is 1. The van der Waals surface area contributed by atoms with Gasteiger partial charge in [0.1, 0.15) is 11.8 Å². The number of esters is 2. The summed E-state index contributed by atoms with van der Waals surface area (Å²) in [6, 6.07) is 16.9. The quantitative estimate of drug-likeness (QED) is 0.726. The number of likely N-dealkylation sites (tertiary alicyclic amines) is 1. The number of hydrogen-bond donors (Lipinski definition) is 0. The Morgan fingerprint density at radius 3 is 2.52 bits per heavy atom. The minimum Gasteiger partial charge on any atom is -0.493 e. The number of benzene rings is 2. The standard InChI is InChI=1S/C23H25NO5/c1-3-28-23(26)21-19(22(25)27-2)17-14-29-18-12-8-7-11-16(18)20(17)24(21)13-15-9-5-4-6-10-15/h4-12,17,19-21H,3,13-14H2,1-2H3/t17?,19-,20?,21-/m1/s1. The predicted molar refractivity (Wildman–Crippen MR) is 106 cm³/mol. The molecule has 2 heterocycles. The molecule has 2 aromatic rings. The van der Waals surface area contributed by atoms with Gasteiger partial charge in [-0.05, 0) is 18.6 Å². The third-order valence-electron chi connectivity index (χ3n) is 5.80. The first kappa shape index (κ1) is 19.5. The largest absolute Gasteiger partial charge is 0.493 e. The van der Waals surface area contributed by atoms with Gasteiger partial charge in [0.05, 0.1) is 26.2 Å². The van der Waals surface area contributed by atoms with Gasteiger partial charge in [-0.1, -0.05) is 48.5 Å². The fourth-order valence-electron chi connectivity index (χ4n) is 4.64. The van der Waals surface area contributed by atoms with E-state index in [4.69, 9.17) is 14.2 Å². The smallest absolute Gasteiger partial charge is 0.324 e. The van der Waals surface area contributed by atoms with E-state index in [0.717, 1.165) is 16.9 Å². The molecule has 6 heteroatoms. The molecule has 2 aliphatic rings. The lowest BCUT2D eigenvalue weighted by Gasteiger charge is -2.34. The van der Waals surface area contributed by atoms with Crippen LogP contribution in [0.3, 0.4) is 0 Å². The summed E-state index contributed by atoms with van der Waals surface area (Å²) in [4.78, 5) is 27.9. The molecule has 0 saturated carbocycles. The number of ether oxygens (including phenoxy) is 3. The van der Waals surface area contributed by atoms with Gasteiger partial charge in [-0.15, -0.1) is 0 Å². The molecule has 1 fully saturated rings. The molecule has 0 spiro atoms. The van der Waals surface area contributed by atoms with Crippen molar-refractivity contribution in [1.82, 2.24) is 4.90 Å². The van der Waals surface area contributed by atoms with Crippen LogP contribution in [0.5, 0.6) is 5.75 Å². The number of nitrogens with zero attached hydrogens (tertiary/aromatic N) is 1. The van der Waals surface area contributed by atoms with Crippen molar-refractivity contribution in [3.63, 3.8) is 0 Å². The number of hydrogen-bond acceptors (Lipinski definition) is 6. The van der Waals surface area contributed by atoms with Crippen LogP contribution in [-0.4, -0.2) is 43.2 Å². The molecule has 6 nitrogen and oxygen atoms in total. The van der Waals surface area contributed by atoms with E-state index >= 15 is 0 Å². The lowest BCUT2D eigenvalue weighted by Crippen LogP contribution is -2.44. The molecular formula is C23H25NO5. The van der Waals surface area contributed by atoms with Crippen LogP contribution in [0, 0.1) is 11.8 Å². The highest BCUT2D eigenvalue weighted by Crippen LogP contribution is 2.51. The number of carbonyl (C=O) groups is 2. The van der Waals surface area contributed by atoms with E-state index in [0.29, 0.717) is 13.2 Å². The first-order valence-corrected chi connectivity index (χ1v) is 9.91. The fourth-order valence-corrected chi connectivity index (χ4v) is 4.64. The molecular weight excluding hydrogens is 370 g/mol. The van der Waals surface area contributed by atoms with E-state index in [1.54, 1.807) is 6.92 Å². The topological polar surface area (TPSA) is 65.1 Å². The second-order valence-corrected chi connectivity index (χ2v) is 7.36. The van der Waals surface area contributed by atoms with Crippen LogP contribution in [0.4, 0.5) is 0 Å². The van der Waals surface area contributed by atoms with Gasteiger partial charge in [-0.3, -0.25) is 14.5 Å². The number of rotatable bonds is 5. The molecule has 0 aromatic heterocycles. The number of fused-ring (bicyclic) bond motifs is 3. The lowest BCUT2D eigenvalue weighted by atomic mass is 9.83. The molecule has 152 valence electrons. The minimum absolute atomic E-state index is 0.140. The Kier molecular flexibility index (Phi) is 5.53. The van der Waals surface area contributed by atoms with Crippen molar-refractivity contribution >= 4 is 11.9 Å². The summed E-state index contributed by atoms with van der Waals surface area (Å²) >= 11 is 0. The molecule has 0 aliphatic carbocycles. The van der Waals surface area contributed by atoms with Crippen LogP contribution >= 0.6 is 0 Å². The Morgan fingerprint density at radius 1 is 1.07 bits per heavy atom. The average Bonchev–Trinajstić information content (AvgIpc) is 3.08. The summed E-state index contributed by atoms with van der Waals surface area (Å²) < 4.78 is 16.4. The summed E-state index contributed by atoms with van der Waals surface area (Å²) in [5, 5.41) is 0. The van der Waals surface area contributed by atoms with Gasteiger partial charge in [0.25, 0.3) is 0 Å². The molecule has 1 saturated heterocycles. The van der Waals surface area contributed by atoms with Gasteiger partial charge >= 0.3 is 11.9 Å². The second kappa shape index (κ2) is 8.25. The van der Waals surface area contributed by atoms with Crippen molar-refractivity contribution in [3.05, 3.63) is 65.7 Å². The summed E-state index contributed by atoms with van der Waals surface area (Å²) in [7, 11) is 1.36. The van der Waals surface area contributed by atoms with Gasteiger partial charge in [-0.25, -0.2) is 0 Å². The molecule has 2 aromatic carbocycles. The van der Waals surface area contributed by atoms with Crippen LogP contribution < -0.4 is 4.74 Å². The highest BCUT2D eigenvalue weighted by Gasteiger charge is 2.58. The molecule has 2 aliphatic heterocycles. The molecule has 29 heavy (non-hydrogen) atoms. The first-order valence-electron chi connectivity index (χ1n) is 9.91. The highest BCUT2D eigenvalue weighted by molar-refractivity contribution is 5.86. The monoisotopic (exact) mass is 395 g/mol. The summed E-state index contributed by atoms with van der Waals surface area (Å²) in [6.07, 6.45) is 0. The van der Waals surface area contributed by atoms with Gasteiger partial charge in [-0.2, -0.15) is 0 Å². The molecule has 4 atom stereocenters. The molecule has 4 rings (SSSR count). The van der Waals surface area contributed by atoms with E-state index < -0.39 is 23.9 Å². The number of para-hydroxylation sites is 1. The molecule has 0 radical (unpaired) electrons. The van der Waals surface area contributed by atoms with Gasteiger partial charge in [0.2, 0.25) is 0 Å². The van der Waals surface area contributed by atoms with Gasteiger partial charge in [0.15, 0.2) is 0 Å². The van der Waals surface area contributed by atoms with E-state index in [9.17, 15) is 9.59 Å². The third-order valence-corrected chi connectivity index (χ3v) is 5.80. The summed E-state index contributed by atoms with van der Waals surface area (Å²) in [5.74, 6) is -0.862. The number of carbonyl (C=O) groups excluding carboxylic acids is 2. The summed E-state index contributed by atoms with van der Waals surface area (Å²) in [6.45, 7) is 2.90. The first-order chi connectivity index (χ1) is 14.2. The van der Waals surface area contributed by atoms with E-state index in [2.05, 4.69) is 4.90 Å². The van der Waals surface area contributed by atoms with Crippen molar-refractivity contribution in [1.29, 1.82) is 0 Å². The van der Waals surface area contributed by atoms with Crippen molar-refractivity contribution in [2.75, 3.05) is 20.3 Å². The fraction of sp³-hybridized carbons (Fsp3) is 0.391. The zero-order valence-corrected chi connectivity index (χ0v) is 16.6. The van der Waals surface area contributed by atoms with Gasteiger partial charge < -0.3 is 14.2 Å². The van der Waals surface area contributed by atoms with Crippen molar-refractivity contribution in [3.8, 4) is 5.75 Å². The van der Waals surface area contributed by atoms with Crippen LogP contribution in [0.25, 0.3) is 0 Å². The highest BCUT2D eigenvalue weighted by atomic mass is 16.5. The predicted octanol–water partition coefficient (Wildman–Crippen LogP) is 2.97. The minimum atomic E-state index is -0.729. The van der Waals surface area contributed by atoms with E-state index in [-0.39, 0.29) is 18.6 Å². The molecule has 0 bridgehead atoms. The maximum Gasteiger partial charge on any atom is 0.324 e. The van der Waals surface area contributed by atoms with Crippen molar-refractivity contribution in [2.45, 2.75) is 25.6 Å². The Hall–Kier alpha value is -2.86. The Bertz CT molecular complexity index is 884. The normalized spacial score (nSPS) is 25.4. The van der Waals surface area contributed by atoms with Crippen LogP contribution in [0.2, 0.25) is 0 Å². The van der Waals surface area contributed by atoms with Gasteiger partial charge in [0, 0.05) is 24.1 Å². The lowest BCUT2D eigenvalue weighted by molar-refractivity contribution is -0.158. The van der Waals surface area contributed by atoms with E-state index in [1.807, 2.05) is 54.6 Å². The average molecular weight is 395 g/mol. The zero-order chi connectivity index (χ0) is 20.4. The van der Waals surface area contributed by atoms with Crippen molar-refractivity contribution < 1.29 is 23.8 Å². The Balaban J connectivity index is 1.82. The van der Waals surface area contributed by atoms with Crippen LogP contribution in [-0.2, 0) is 25.6 Å². The zero-order valence-electron chi connectivity index (χ0n) is 16.6. The summed E-state index contributed by atoms with van der Waals surface area (Å²) in [5.41, 5.74) is 2.05. The SMILES string of the molecule is CCOC(=O)[C@H]1[C@H](C(=O)OC)C2COc3ccccc3C2N1Cc1ccccc1. The van der Waals surface area contributed by atoms with Crippen molar-refractivity contribution in [2.24, 2.45) is 11.8 Å². The maximum absolute atomic E-state index is 13.0. The molecule has 2 unspecified atom stereocenters. The third kappa shape index (κ3) is 3.49. The Morgan fingerprint density at radius 2 is 1.79 bits per heavy atom. The van der Waals surface area contributed by atoms with E-state index in [1.165, 1.54) is 7.11 Å². The Labute approximate surface area is 170 Å². The second-order valence-electron chi connectivity index (χ2n) is 7.36. The molecule has 0 amide bonds. The van der Waals surface area contributed by atoms with Crippen LogP contribution in [0.1, 0.15) is 24.1 Å². The van der Waals surface area contributed by atoms with Crippen LogP contribution in [0.15, 0.2) is 54.6 Å². The molecule has 0 N–H and O–H groups in total. The maximum atomic E-state index is 13.0.